The van der Waals surface area contributed by atoms with Crippen LogP contribution in [0.4, 0.5) is 0 Å². The number of hydrogen-bond acceptors (Lipinski definition) is 3. The summed E-state index contributed by atoms with van der Waals surface area (Å²) in [5, 5.41) is 20.6. The van der Waals surface area contributed by atoms with Crippen molar-refractivity contribution in [2.45, 2.75) is 31.5 Å². The molecule has 0 radical (unpaired) electrons. The molecule has 2 rings (SSSR count). The first-order chi connectivity index (χ1) is 8.46. The standard InChI is InChI=1S/C14H20ClNO2/c1-14(18)6-8-16(10-14)7-5-13(17)11-3-2-4-12(15)9-11/h2-4,9,13,17-18H,5-8,10H2,1H3. The minimum atomic E-state index is -0.568. The van der Waals surface area contributed by atoms with E-state index in [1.165, 1.54) is 0 Å². The Balaban J connectivity index is 1.84. The fourth-order valence-electron chi connectivity index (χ4n) is 2.42. The Morgan fingerprint density at radius 2 is 2.28 bits per heavy atom. The summed E-state index contributed by atoms with van der Waals surface area (Å²) in [5.41, 5.74) is 0.287. The van der Waals surface area contributed by atoms with Crippen LogP contribution in [0.1, 0.15) is 31.4 Å². The quantitative estimate of drug-likeness (QED) is 0.881. The van der Waals surface area contributed by atoms with Crippen LogP contribution in [0.15, 0.2) is 24.3 Å². The summed E-state index contributed by atoms with van der Waals surface area (Å²) in [6.45, 7) is 4.24. The Bertz CT molecular complexity index is 409. The Morgan fingerprint density at radius 3 is 2.89 bits per heavy atom. The molecule has 1 aliphatic rings. The zero-order valence-electron chi connectivity index (χ0n) is 10.6. The van der Waals surface area contributed by atoms with E-state index >= 15 is 0 Å². The van der Waals surface area contributed by atoms with Gasteiger partial charge in [-0.25, -0.2) is 0 Å². The van der Waals surface area contributed by atoms with Gasteiger partial charge in [0.1, 0.15) is 0 Å². The lowest BCUT2D eigenvalue weighted by molar-refractivity contribution is 0.0655. The number of halogens is 1. The number of rotatable bonds is 4. The molecule has 1 aliphatic heterocycles. The van der Waals surface area contributed by atoms with Gasteiger partial charge in [0.2, 0.25) is 0 Å². The predicted molar refractivity (Wildman–Crippen MR) is 72.7 cm³/mol. The third-order valence-electron chi connectivity index (χ3n) is 3.48. The van der Waals surface area contributed by atoms with Crippen molar-refractivity contribution in [1.29, 1.82) is 0 Å². The van der Waals surface area contributed by atoms with Crippen LogP contribution in [0, 0.1) is 0 Å². The fraction of sp³-hybridized carbons (Fsp3) is 0.571. The van der Waals surface area contributed by atoms with Crippen molar-refractivity contribution < 1.29 is 10.2 Å². The van der Waals surface area contributed by atoms with Gasteiger partial charge in [-0.3, -0.25) is 0 Å². The Morgan fingerprint density at radius 1 is 1.50 bits per heavy atom. The molecule has 2 unspecified atom stereocenters. The molecule has 0 saturated carbocycles. The molecule has 4 heteroatoms. The maximum Gasteiger partial charge on any atom is 0.0802 e. The van der Waals surface area contributed by atoms with Crippen LogP contribution in [-0.2, 0) is 0 Å². The van der Waals surface area contributed by atoms with E-state index in [9.17, 15) is 10.2 Å². The first-order valence-electron chi connectivity index (χ1n) is 6.34. The second-order valence-corrected chi connectivity index (χ2v) is 5.82. The van der Waals surface area contributed by atoms with E-state index < -0.39 is 11.7 Å². The average molecular weight is 270 g/mol. The van der Waals surface area contributed by atoms with Gasteiger partial charge in [-0.1, -0.05) is 23.7 Å². The maximum absolute atomic E-state index is 10.1. The molecule has 0 bridgehead atoms. The summed E-state index contributed by atoms with van der Waals surface area (Å²) in [5.74, 6) is 0. The Labute approximate surface area is 113 Å². The van der Waals surface area contributed by atoms with Gasteiger partial charge >= 0.3 is 0 Å². The van der Waals surface area contributed by atoms with Crippen LogP contribution < -0.4 is 0 Å². The van der Waals surface area contributed by atoms with Crippen molar-refractivity contribution in [3.63, 3.8) is 0 Å². The molecule has 2 atom stereocenters. The number of hydrogen-bond donors (Lipinski definition) is 2. The molecule has 3 nitrogen and oxygen atoms in total. The fourth-order valence-corrected chi connectivity index (χ4v) is 2.61. The van der Waals surface area contributed by atoms with Gasteiger partial charge < -0.3 is 15.1 Å². The average Bonchev–Trinajstić information content (AvgIpc) is 2.66. The summed E-state index contributed by atoms with van der Waals surface area (Å²) in [4.78, 5) is 2.19. The second-order valence-electron chi connectivity index (χ2n) is 5.38. The van der Waals surface area contributed by atoms with Crippen LogP contribution in [-0.4, -0.2) is 40.3 Å². The molecule has 18 heavy (non-hydrogen) atoms. The lowest BCUT2D eigenvalue weighted by Gasteiger charge is -2.20. The van der Waals surface area contributed by atoms with Crippen molar-refractivity contribution in [2.75, 3.05) is 19.6 Å². The molecule has 2 N–H and O–H groups in total. The lowest BCUT2D eigenvalue weighted by Crippen LogP contribution is -2.30. The van der Waals surface area contributed by atoms with Crippen molar-refractivity contribution in [3.05, 3.63) is 34.9 Å². The topological polar surface area (TPSA) is 43.7 Å². The predicted octanol–water partition coefficient (Wildman–Crippen LogP) is 2.22. The molecular formula is C14H20ClNO2. The molecule has 1 aromatic rings. The molecule has 0 spiro atoms. The number of aliphatic hydroxyl groups is 2. The first-order valence-corrected chi connectivity index (χ1v) is 6.72. The van der Waals surface area contributed by atoms with Crippen LogP contribution in [0.2, 0.25) is 5.02 Å². The molecule has 1 fully saturated rings. The van der Waals surface area contributed by atoms with Gasteiger partial charge in [0.15, 0.2) is 0 Å². The number of β-amino-alcohol motifs (C(OH)–C–C–N with tert-alkyl or cyclic N) is 1. The summed E-state index contributed by atoms with van der Waals surface area (Å²) in [6.07, 6.45) is 0.977. The third kappa shape index (κ3) is 3.69. The lowest BCUT2D eigenvalue weighted by atomic mass is 10.1. The molecular weight excluding hydrogens is 250 g/mol. The van der Waals surface area contributed by atoms with Crippen molar-refractivity contribution in [3.8, 4) is 0 Å². The first kappa shape index (κ1) is 13.8. The van der Waals surface area contributed by atoms with E-state index in [0.29, 0.717) is 18.0 Å². The van der Waals surface area contributed by atoms with Gasteiger partial charge in [-0.2, -0.15) is 0 Å². The highest BCUT2D eigenvalue weighted by Crippen LogP contribution is 2.24. The third-order valence-corrected chi connectivity index (χ3v) is 3.72. The molecule has 0 aromatic heterocycles. The molecule has 1 saturated heterocycles. The molecule has 0 aliphatic carbocycles. The molecule has 0 amide bonds. The van der Waals surface area contributed by atoms with Crippen LogP contribution in [0.5, 0.6) is 0 Å². The number of benzene rings is 1. The summed E-state index contributed by atoms with van der Waals surface area (Å²) >= 11 is 5.90. The van der Waals surface area contributed by atoms with E-state index in [2.05, 4.69) is 4.90 Å². The highest BCUT2D eigenvalue weighted by Gasteiger charge is 2.31. The van der Waals surface area contributed by atoms with E-state index in [1.807, 2.05) is 19.1 Å². The SMILES string of the molecule is CC1(O)CCN(CCC(O)c2cccc(Cl)c2)C1. The van der Waals surface area contributed by atoms with Crippen LogP contribution >= 0.6 is 11.6 Å². The zero-order chi connectivity index (χ0) is 13.2. The van der Waals surface area contributed by atoms with Crippen LogP contribution in [0.3, 0.4) is 0 Å². The van der Waals surface area contributed by atoms with Crippen LogP contribution in [0.25, 0.3) is 0 Å². The highest BCUT2D eigenvalue weighted by molar-refractivity contribution is 6.30. The largest absolute Gasteiger partial charge is 0.389 e. The highest BCUT2D eigenvalue weighted by atomic mass is 35.5. The number of aliphatic hydroxyl groups excluding tert-OH is 1. The molecule has 100 valence electrons. The minimum Gasteiger partial charge on any atom is -0.389 e. The van der Waals surface area contributed by atoms with Crippen molar-refractivity contribution >= 4 is 11.6 Å². The zero-order valence-corrected chi connectivity index (χ0v) is 11.4. The monoisotopic (exact) mass is 269 g/mol. The normalized spacial score (nSPS) is 26.4. The van der Waals surface area contributed by atoms with Gasteiger partial charge in [0.25, 0.3) is 0 Å². The summed E-state index contributed by atoms with van der Waals surface area (Å²) in [7, 11) is 0. The van der Waals surface area contributed by atoms with E-state index in [1.54, 1.807) is 12.1 Å². The van der Waals surface area contributed by atoms with Gasteiger partial charge in [0, 0.05) is 24.7 Å². The molecule has 1 aromatic carbocycles. The van der Waals surface area contributed by atoms with Gasteiger partial charge in [-0.05, 0) is 37.5 Å². The maximum atomic E-state index is 10.1. The second kappa shape index (κ2) is 5.57. The minimum absolute atomic E-state index is 0.491. The Kier molecular flexibility index (Phi) is 4.28. The van der Waals surface area contributed by atoms with Crippen molar-refractivity contribution in [1.82, 2.24) is 4.90 Å². The van der Waals surface area contributed by atoms with Crippen molar-refractivity contribution in [2.24, 2.45) is 0 Å². The summed E-state index contributed by atoms with van der Waals surface area (Å²) in [6, 6.07) is 7.33. The van der Waals surface area contributed by atoms with E-state index in [4.69, 9.17) is 11.6 Å². The molecule has 1 heterocycles. The number of nitrogens with zero attached hydrogens (tertiary/aromatic N) is 1. The Hall–Kier alpha value is -0.610. The number of likely N-dealkylation sites (tertiary alicyclic amines) is 1. The van der Waals surface area contributed by atoms with Gasteiger partial charge in [0.05, 0.1) is 11.7 Å². The van der Waals surface area contributed by atoms with Gasteiger partial charge in [-0.15, -0.1) is 0 Å². The smallest absolute Gasteiger partial charge is 0.0802 e. The van der Waals surface area contributed by atoms with E-state index in [0.717, 1.165) is 25.1 Å². The summed E-state index contributed by atoms with van der Waals surface area (Å²) < 4.78 is 0. The van der Waals surface area contributed by atoms with E-state index in [-0.39, 0.29) is 0 Å².